The average Bonchev–Trinajstić information content (AvgIpc) is 2.61. The molecule has 0 aliphatic carbocycles. The fourth-order valence-electron chi connectivity index (χ4n) is 2.35. The Bertz CT molecular complexity index is 1040. The molecule has 1 aromatic heterocycles. The molecule has 0 aliphatic rings. The van der Waals surface area contributed by atoms with Gasteiger partial charge in [0, 0.05) is 12.3 Å². The van der Waals surface area contributed by atoms with E-state index in [9.17, 15) is 21.6 Å². The molecule has 0 radical (unpaired) electrons. The topological polar surface area (TPSA) is 56.3 Å². The van der Waals surface area contributed by atoms with Crippen molar-refractivity contribution in [3.63, 3.8) is 0 Å². The molecule has 0 spiro atoms. The zero-order valence-corrected chi connectivity index (χ0v) is 14.9. The predicted octanol–water partition coefficient (Wildman–Crippen LogP) is 4.84. The first-order valence-corrected chi connectivity index (χ1v) is 9.21. The van der Waals surface area contributed by atoms with Crippen molar-refractivity contribution in [1.29, 1.82) is 0 Å². The molecule has 0 amide bonds. The quantitative estimate of drug-likeness (QED) is 0.595. The third-order valence-corrected chi connectivity index (χ3v) is 5.02. The van der Waals surface area contributed by atoms with Crippen LogP contribution in [0.4, 0.5) is 13.2 Å². The fraction of sp³-hybridized carbons (Fsp3) is 0.105. The maximum atomic E-state index is 12.7. The van der Waals surface area contributed by atoms with Gasteiger partial charge in [0.1, 0.15) is 4.90 Å². The minimum Gasteiger partial charge on any atom is -0.358 e. The lowest BCUT2D eigenvalue weighted by molar-refractivity contribution is -0.137. The molecule has 0 saturated carbocycles. The highest BCUT2D eigenvalue weighted by Crippen LogP contribution is 2.31. The number of aryl methyl sites for hydroxylation is 1. The highest BCUT2D eigenvalue weighted by atomic mass is 32.2. The molecule has 0 atom stereocenters. The standard InChI is InChI=1S/C19H14F3NO3S/c1-13-2-8-17(9-3-13)27(24,25)26-18-12-15(10-11-23-18)14-4-6-16(7-5-14)19(20,21)22/h2-12H,1H3. The minimum atomic E-state index is -4.42. The Labute approximate surface area is 154 Å². The number of hydrogen-bond acceptors (Lipinski definition) is 4. The van der Waals surface area contributed by atoms with Crippen LogP contribution in [0.3, 0.4) is 0 Å². The maximum absolute atomic E-state index is 12.7. The van der Waals surface area contributed by atoms with Crippen molar-refractivity contribution in [2.24, 2.45) is 0 Å². The van der Waals surface area contributed by atoms with Crippen LogP contribution in [0, 0.1) is 6.92 Å². The smallest absolute Gasteiger partial charge is 0.358 e. The van der Waals surface area contributed by atoms with Crippen molar-refractivity contribution in [3.05, 3.63) is 78.0 Å². The molecule has 8 heteroatoms. The van der Waals surface area contributed by atoms with E-state index in [1.165, 1.54) is 36.5 Å². The molecular formula is C19H14F3NO3S. The summed E-state index contributed by atoms with van der Waals surface area (Å²) in [6, 6.07) is 13.5. The van der Waals surface area contributed by atoms with Gasteiger partial charge in [-0.1, -0.05) is 29.8 Å². The van der Waals surface area contributed by atoms with Gasteiger partial charge in [-0.25, -0.2) is 4.98 Å². The van der Waals surface area contributed by atoms with Crippen LogP contribution in [0.2, 0.25) is 0 Å². The van der Waals surface area contributed by atoms with Gasteiger partial charge in [0.2, 0.25) is 5.88 Å². The SMILES string of the molecule is Cc1ccc(S(=O)(=O)Oc2cc(-c3ccc(C(F)(F)F)cc3)ccn2)cc1. The second kappa shape index (κ2) is 7.03. The number of hydrogen-bond donors (Lipinski definition) is 0. The third kappa shape index (κ3) is 4.46. The molecular weight excluding hydrogens is 379 g/mol. The lowest BCUT2D eigenvalue weighted by atomic mass is 10.1. The van der Waals surface area contributed by atoms with Crippen LogP contribution in [-0.4, -0.2) is 13.4 Å². The second-order valence-corrected chi connectivity index (χ2v) is 7.35. The summed E-state index contributed by atoms with van der Waals surface area (Å²) in [5.41, 5.74) is 1.09. The normalized spacial score (nSPS) is 12.0. The van der Waals surface area contributed by atoms with Crippen LogP contribution >= 0.6 is 0 Å². The van der Waals surface area contributed by atoms with E-state index in [0.29, 0.717) is 11.1 Å². The number of nitrogens with zero attached hydrogens (tertiary/aromatic N) is 1. The van der Waals surface area contributed by atoms with Gasteiger partial charge in [-0.15, -0.1) is 0 Å². The van der Waals surface area contributed by atoms with E-state index in [1.54, 1.807) is 18.2 Å². The van der Waals surface area contributed by atoms with Gasteiger partial charge in [-0.05, 0) is 48.4 Å². The first kappa shape index (κ1) is 18.9. The number of pyridine rings is 1. The highest BCUT2D eigenvalue weighted by Gasteiger charge is 2.30. The van der Waals surface area contributed by atoms with E-state index in [0.717, 1.165) is 17.7 Å². The Kier molecular flexibility index (Phi) is 4.93. The van der Waals surface area contributed by atoms with E-state index in [-0.39, 0.29) is 10.8 Å². The molecule has 0 saturated heterocycles. The number of rotatable bonds is 4. The first-order chi connectivity index (χ1) is 12.6. The van der Waals surface area contributed by atoms with E-state index in [4.69, 9.17) is 4.18 Å². The van der Waals surface area contributed by atoms with E-state index >= 15 is 0 Å². The first-order valence-electron chi connectivity index (χ1n) is 7.80. The van der Waals surface area contributed by atoms with E-state index in [1.807, 2.05) is 6.92 Å². The molecule has 0 unspecified atom stereocenters. The van der Waals surface area contributed by atoms with Gasteiger partial charge < -0.3 is 4.18 Å². The number of alkyl halides is 3. The van der Waals surface area contributed by atoms with Crippen LogP contribution in [0.15, 0.2) is 71.8 Å². The van der Waals surface area contributed by atoms with Crippen molar-refractivity contribution < 1.29 is 25.8 Å². The van der Waals surface area contributed by atoms with Gasteiger partial charge in [0.15, 0.2) is 0 Å². The Balaban J connectivity index is 1.86. The summed E-state index contributed by atoms with van der Waals surface area (Å²) in [6.07, 6.45) is -3.10. The largest absolute Gasteiger partial charge is 0.416 e. The second-order valence-electron chi connectivity index (χ2n) is 5.81. The summed E-state index contributed by atoms with van der Waals surface area (Å²) >= 11 is 0. The molecule has 0 aliphatic heterocycles. The van der Waals surface area contributed by atoms with Crippen molar-refractivity contribution >= 4 is 10.1 Å². The number of benzene rings is 2. The van der Waals surface area contributed by atoms with Gasteiger partial charge in [-0.2, -0.15) is 21.6 Å². The van der Waals surface area contributed by atoms with E-state index < -0.39 is 21.9 Å². The third-order valence-electron chi connectivity index (χ3n) is 3.79. The summed E-state index contributed by atoms with van der Waals surface area (Å²) in [5, 5.41) is 0. The van der Waals surface area contributed by atoms with Crippen LogP contribution < -0.4 is 4.18 Å². The summed E-state index contributed by atoms with van der Waals surface area (Å²) < 4.78 is 67.7. The zero-order valence-electron chi connectivity index (χ0n) is 14.1. The van der Waals surface area contributed by atoms with Gasteiger partial charge in [0.05, 0.1) is 5.56 Å². The minimum absolute atomic E-state index is 0.0187. The monoisotopic (exact) mass is 393 g/mol. The Morgan fingerprint density at radius 1 is 0.889 bits per heavy atom. The zero-order chi connectivity index (χ0) is 19.7. The summed E-state index contributed by atoms with van der Waals surface area (Å²) in [6.45, 7) is 1.83. The van der Waals surface area contributed by atoms with Crippen molar-refractivity contribution in [3.8, 4) is 17.0 Å². The lowest BCUT2D eigenvalue weighted by Gasteiger charge is -2.09. The molecule has 140 valence electrons. The average molecular weight is 393 g/mol. The van der Waals surface area contributed by atoms with Crippen LogP contribution in [0.25, 0.3) is 11.1 Å². The van der Waals surface area contributed by atoms with Gasteiger partial charge in [0.25, 0.3) is 0 Å². The van der Waals surface area contributed by atoms with Crippen LogP contribution in [0.5, 0.6) is 5.88 Å². The number of halogens is 3. The Morgan fingerprint density at radius 2 is 1.52 bits per heavy atom. The maximum Gasteiger partial charge on any atom is 0.416 e. The molecule has 1 heterocycles. The molecule has 3 rings (SSSR count). The van der Waals surface area contributed by atoms with Crippen LogP contribution in [-0.2, 0) is 16.3 Å². The van der Waals surface area contributed by atoms with Crippen molar-refractivity contribution in [1.82, 2.24) is 4.98 Å². The lowest BCUT2D eigenvalue weighted by Crippen LogP contribution is -2.10. The Hall–Kier alpha value is -2.87. The summed E-state index contributed by atoms with van der Waals surface area (Å²) in [5.74, 6) is -0.173. The molecule has 2 aromatic carbocycles. The molecule has 3 aromatic rings. The van der Waals surface area contributed by atoms with Gasteiger partial charge in [-0.3, -0.25) is 0 Å². The summed E-state index contributed by atoms with van der Waals surface area (Å²) in [7, 11) is -4.07. The molecule has 0 bridgehead atoms. The number of aromatic nitrogens is 1. The molecule has 0 N–H and O–H groups in total. The predicted molar refractivity (Wildman–Crippen MR) is 93.7 cm³/mol. The highest BCUT2D eigenvalue weighted by molar-refractivity contribution is 7.87. The summed E-state index contributed by atoms with van der Waals surface area (Å²) in [4.78, 5) is 3.85. The Morgan fingerprint density at radius 3 is 2.11 bits per heavy atom. The fourth-order valence-corrected chi connectivity index (χ4v) is 3.23. The molecule has 4 nitrogen and oxygen atoms in total. The van der Waals surface area contributed by atoms with Crippen molar-refractivity contribution in [2.75, 3.05) is 0 Å². The molecule has 27 heavy (non-hydrogen) atoms. The van der Waals surface area contributed by atoms with Gasteiger partial charge >= 0.3 is 16.3 Å². The van der Waals surface area contributed by atoms with E-state index in [2.05, 4.69) is 4.98 Å². The van der Waals surface area contributed by atoms with Crippen LogP contribution in [0.1, 0.15) is 11.1 Å². The van der Waals surface area contributed by atoms with Crippen molar-refractivity contribution in [2.45, 2.75) is 18.0 Å². The molecule has 0 fully saturated rings.